The summed E-state index contributed by atoms with van der Waals surface area (Å²) in [6.07, 6.45) is 5.06. The monoisotopic (exact) mass is 183 g/mol. The van der Waals surface area contributed by atoms with E-state index in [9.17, 15) is 4.79 Å². The molecule has 1 N–H and O–H groups in total. The van der Waals surface area contributed by atoms with E-state index in [0.29, 0.717) is 0 Å². The largest absolute Gasteiger partial charge is 0.481 e. The minimum Gasteiger partial charge on any atom is -0.481 e. The summed E-state index contributed by atoms with van der Waals surface area (Å²) in [7, 11) is 0. The lowest BCUT2D eigenvalue weighted by Gasteiger charge is -2.40. The van der Waals surface area contributed by atoms with Crippen molar-refractivity contribution in [2.45, 2.75) is 32.1 Å². The van der Waals surface area contributed by atoms with Gasteiger partial charge in [0.05, 0.1) is 5.41 Å². The van der Waals surface area contributed by atoms with E-state index in [2.05, 4.69) is 4.90 Å². The molecule has 0 atom stereocenters. The van der Waals surface area contributed by atoms with E-state index in [4.69, 9.17) is 5.11 Å². The van der Waals surface area contributed by atoms with E-state index in [0.717, 1.165) is 32.2 Å². The molecule has 2 rings (SSSR count). The molecule has 0 aromatic rings. The molecule has 1 aliphatic heterocycles. The van der Waals surface area contributed by atoms with Crippen LogP contribution < -0.4 is 0 Å². The van der Waals surface area contributed by atoms with Crippen LogP contribution in [0.1, 0.15) is 32.1 Å². The minimum absolute atomic E-state index is 0.338. The molecule has 0 unspecified atom stereocenters. The zero-order valence-electron chi connectivity index (χ0n) is 7.96. The number of carbonyl (C=O) groups is 1. The number of rotatable bonds is 4. The number of carboxylic acid groups (broad SMARTS) is 1. The summed E-state index contributed by atoms with van der Waals surface area (Å²) in [5, 5.41) is 9.07. The van der Waals surface area contributed by atoms with E-state index in [-0.39, 0.29) is 5.41 Å². The van der Waals surface area contributed by atoms with Crippen LogP contribution in [-0.4, -0.2) is 35.6 Å². The topological polar surface area (TPSA) is 40.5 Å². The lowest BCUT2D eigenvalue weighted by molar-refractivity contribution is -0.155. The van der Waals surface area contributed by atoms with Crippen molar-refractivity contribution in [1.29, 1.82) is 0 Å². The Hall–Kier alpha value is -0.570. The number of likely N-dealkylation sites (tertiary alicyclic amines) is 1. The standard InChI is InChI=1S/C10H17NO2/c12-9(13)10(3-1-4-10)5-8-11-6-2-7-11/h1-8H2,(H,12,13). The summed E-state index contributed by atoms with van der Waals surface area (Å²) >= 11 is 0. The highest BCUT2D eigenvalue weighted by molar-refractivity contribution is 5.75. The Labute approximate surface area is 78.7 Å². The first-order chi connectivity index (χ1) is 6.23. The van der Waals surface area contributed by atoms with Crippen molar-refractivity contribution >= 4 is 5.97 Å². The predicted molar refractivity (Wildman–Crippen MR) is 49.6 cm³/mol. The maximum atomic E-state index is 11.0. The van der Waals surface area contributed by atoms with Crippen molar-refractivity contribution in [1.82, 2.24) is 4.90 Å². The third kappa shape index (κ3) is 1.57. The molecule has 0 bridgehead atoms. The first kappa shape index (κ1) is 9.00. The van der Waals surface area contributed by atoms with Gasteiger partial charge < -0.3 is 10.0 Å². The number of hydrogen-bond donors (Lipinski definition) is 1. The molecule has 3 heteroatoms. The Morgan fingerprint density at radius 3 is 2.31 bits per heavy atom. The van der Waals surface area contributed by atoms with Crippen molar-refractivity contribution in [2.24, 2.45) is 5.41 Å². The zero-order valence-corrected chi connectivity index (χ0v) is 7.96. The Bertz CT molecular complexity index is 207. The predicted octanol–water partition coefficient (Wildman–Crippen LogP) is 1.34. The molecule has 1 saturated carbocycles. The molecular weight excluding hydrogens is 166 g/mol. The first-order valence-electron chi connectivity index (χ1n) is 5.19. The number of carboxylic acids is 1. The van der Waals surface area contributed by atoms with Gasteiger partial charge in [0.2, 0.25) is 0 Å². The minimum atomic E-state index is -0.570. The molecule has 0 aromatic heterocycles. The number of hydrogen-bond acceptors (Lipinski definition) is 2. The second-order valence-corrected chi connectivity index (χ2v) is 4.38. The molecule has 13 heavy (non-hydrogen) atoms. The zero-order chi connectivity index (χ0) is 9.31. The van der Waals surface area contributed by atoms with Crippen LogP contribution in [0.4, 0.5) is 0 Å². The van der Waals surface area contributed by atoms with Gasteiger partial charge in [-0.15, -0.1) is 0 Å². The molecule has 2 fully saturated rings. The van der Waals surface area contributed by atoms with Crippen molar-refractivity contribution < 1.29 is 9.90 Å². The molecule has 0 radical (unpaired) electrons. The second-order valence-electron chi connectivity index (χ2n) is 4.38. The Morgan fingerprint density at radius 1 is 1.31 bits per heavy atom. The van der Waals surface area contributed by atoms with Gasteiger partial charge in [-0.3, -0.25) is 4.79 Å². The number of aliphatic carboxylic acids is 1. The van der Waals surface area contributed by atoms with Crippen LogP contribution in [0, 0.1) is 5.41 Å². The van der Waals surface area contributed by atoms with Crippen molar-refractivity contribution in [3.63, 3.8) is 0 Å². The van der Waals surface area contributed by atoms with Crippen molar-refractivity contribution in [2.75, 3.05) is 19.6 Å². The molecule has 1 heterocycles. The smallest absolute Gasteiger partial charge is 0.309 e. The highest BCUT2D eigenvalue weighted by Crippen LogP contribution is 2.44. The van der Waals surface area contributed by atoms with Gasteiger partial charge in [-0.25, -0.2) is 0 Å². The first-order valence-corrected chi connectivity index (χ1v) is 5.19. The van der Waals surface area contributed by atoms with Gasteiger partial charge in [0, 0.05) is 0 Å². The molecule has 1 aliphatic carbocycles. The Morgan fingerprint density at radius 2 is 2.00 bits per heavy atom. The van der Waals surface area contributed by atoms with Crippen molar-refractivity contribution in [3.8, 4) is 0 Å². The molecule has 0 amide bonds. The number of nitrogens with zero attached hydrogens (tertiary/aromatic N) is 1. The van der Waals surface area contributed by atoms with Crippen LogP contribution in [0.5, 0.6) is 0 Å². The van der Waals surface area contributed by atoms with Crippen LogP contribution in [0.25, 0.3) is 0 Å². The lowest BCUT2D eigenvalue weighted by Crippen LogP contribution is -2.44. The molecular formula is C10H17NO2. The van der Waals surface area contributed by atoms with Gasteiger partial charge in [-0.1, -0.05) is 6.42 Å². The molecule has 0 aromatic carbocycles. The van der Waals surface area contributed by atoms with Crippen LogP contribution in [0.15, 0.2) is 0 Å². The van der Waals surface area contributed by atoms with Crippen LogP contribution in [-0.2, 0) is 4.79 Å². The Kier molecular flexibility index (Phi) is 2.28. The summed E-state index contributed by atoms with van der Waals surface area (Å²) < 4.78 is 0. The van der Waals surface area contributed by atoms with Crippen LogP contribution in [0.3, 0.4) is 0 Å². The summed E-state index contributed by atoms with van der Waals surface area (Å²) in [6, 6.07) is 0. The average molecular weight is 183 g/mol. The fourth-order valence-electron chi connectivity index (χ4n) is 2.15. The molecule has 74 valence electrons. The maximum Gasteiger partial charge on any atom is 0.309 e. The van der Waals surface area contributed by atoms with Gasteiger partial charge in [0.1, 0.15) is 0 Å². The van der Waals surface area contributed by atoms with E-state index >= 15 is 0 Å². The van der Waals surface area contributed by atoms with E-state index in [1.54, 1.807) is 0 Å². The average Bonchev–Trinajstić information content (AvgIpc) is 1.89. The van der Waals surface area contributed by atoms with Gasteiger partial charge in [0.15, 0.2) is 0 Å². The lowest BCUT2D eigenvalue weighted by atomic mass is 9.66. The quantitative estimate of drug-likeness (QED) is 0.715. The van der Waals surface area contributed by atoms with Crippen LogP contribution in [0.2, 0.25) is 0 Å². The summed E-state index contributed by atoms with van der Waals surface area (Å²) in [4.78, 5) is 13.4. The van der Waals surface area contributed by atoms with Gasteiger partial charge in [-0.05, 0) is 45.3 Å². The normalized spacial score (nSPS) is 26.2. The molecule has 2 aliphatic rings. The van der Waals surface area contributed by atoms with E-state index < -0.39 is 5.97 Å². The van der Waals surface area contributed by atoms with Crippen LogP contribution >= 0.6 is 0 Å². The van der Waals surface area contributed by atoms with E-state index in [1.165, 1.54) is 19.5 Å². The third-order valence-electron chi connectivity index (χ3n) is 3.62. The van der Waals surface area contributed by atoms with E-state index in [1.807, 2.05) is 0 Å². The van der Waals surface area contributed by atoms with Gasteiger partial charge in [0.25, 0.3) is 0 Å². The summed E-state index contributed by atoms with van der Waals surface area (Å²) in [5.74, 6) is -0.570. The molecule has 1 saturated heterocycles. The maximum absolute atomic E-state index is 11.0. The third-order valence-corrected chi connectivity index (χ3v) is 3.62. The highest BCUT2D eigenvalue weighted by Gasteiger charge is 2.44. The molecule has 3 nitrogen and oxygen atoms in total. The SMILES string of the molecule is O=C(O)C1(CCN2CCC2)CCC1. The fourth-order valence-corrected chi connectivity index (χ4v) is 2.15. The van der Waals surface area contributed by atoms with Gasteiger partial charge >= 0.3 is 5.97 Å². The fraction of sp³-hybridized carbons (Fsp3) is 0.900. The Balaban J connectivity index is 1.80. The summed E-state index contributed by atoms with van der Waals surface area (Å²) in [5.41, 5.74) is -0.338. The molecule has 0 spiro atoms. The highest BCUT2D eigenvalue weighted by atomic mass is 16.4. The van der Waals surface area contributed by atoms with Crippen molar-refractivity contribution in [3.05, 3.63) is 0 Å². The second kappa shape index (κ2) is 3.29. The summed E-state index contributed by atoms with van der Waals surface area (Å²) in [6.45, 7) is 3.34. The van der Waals surface area contributed by atoms with Gasteiger partial charge in [-0.2, -0.15) is 0 Å².